The van der Waals surface area contributed by atoms with Crippen molar-refractivity contribution in [2.45, 2.75) is 44.1 Å². The molecule has 2 N–H and O–H groups in total. The van der Waals surface area contributed by atoms with Crippen LogP contribution in [-0.4, -0.2) is 42.5 Å². The Balaban J connectivity index is 1.34. The van der Waals surface area contributed by atoms with Gasteiger partial charge in [0, 0.05) is 18.7 Å². The number of aromatic nitrogens is 1. The SMILES string of the molecule is O=C1/C(=c2\[nH]c(=O)/c(=C/c3ccc4c(c3)N(CC3CCCC3)CCO4)s2)CNC12CC2. The second-order valence-electron chi connectivity index (χ2n) is 9.31. The summed E-state index contributed by atoms with van der Waals surface area (Å²) >= 11 is 1.38. The van der Waals surface area contributed by atoms with Crippen LogP contribution in [0.15, 0.2) is 23.0 Å². The minimum atomic E-state index is -0.332. The highest BCUT2D eigenvalue weighted by molar-refractivity contribution is 7.07. The number of carbonyl (C=O) groups is 1. The molecule has 0 radical (unpaired) electrons. The number of hydrogen-bond acceptors (Lipinski definition) is 6. The summed E-state index contributed by atoms with van der Waals surface area (Å²) in [5, 5.41) is 3.32. The highest BCUT2D eigenvalue weighted by atomic mass is 32.1. The number of rotatable bonds is 3. The van der Waals surface area contributed by atoms with Gasteiger partial charge in [0.25, 0.3) is 5.56 Å². The normalized spacial score (nSPS) is 24.7. The molecule has 0 bridgehead atoms. The van der Waals surface area contributed by atoms with Crippen LogP contribution >= 0.6 is 11.3 Å². The zero-order chi connectivity index (χ0) is 21.0. The standard InChI is InChI=1S/C24H27N3O3S/c28-21-17(13-25-24(21)7-8-24)23-26-22(29)20(31-23)12-16-5-6-19-18(11-16)27(9-10-30-19)14-15-3-1-2-4-15/h5-6,11-12,15,25H,1-4,7-10,13-14H2,(H,26,29)/b20-12-,23-17+. The first-order chi connectivity index (χ1) is 15.1. The van der Waals surface area contributed by atoms with Crippen LogP contribution < -0.4 is 29.7 Å². The molecule has 6 rings (SSSR count). The van der Waals surface area contributed by atoms with Gasteiger partial charge in [0.05, 0.1) is 22.3 Å². The van der Waals surface area contributed by atoms with Crippen molar-refractivity contribution in [3.63, 3.8) is 0 Å². The molecule has 2 aliphatic carbocycles. The predicted molar refractivity (Wildman–Crippen MR) is 122 cm³/mol. The van der Waals surface area contributed by atoms with Gasteiger partial charge in [0.2, 0.25) is 0 Å². The molecule has 2 saturated carbocycles. The molecule has 0 amide bonds. The van der Waals surface area contributed by atoms with Crippen molar-refractivity contribution in [2.75, 3.05) is 31.1 Å². The van der Waals surface area contributed by atoms with Gasteiger partial charge < -0.3 is 19.9 Å². The first-order valence-corrected chi connectivity index (χ1v) is 12.2. The predicted octanol–water partition coefficient (Wildman–Crippen LogP) is 1.51. The molecule has 1 aromatic heterocycles. The molecule has 1 spiro atoms. The maximum Gasteiger partial charge on any atom is 0.266 e. The number of Topliss-reactive ketones (excluding diaryl/α,β-unsaturated/α-hetero) is 1. The summed E-state index contributed by atoms with van der Waals surface area (Å²) in [4.78, 5) is 30.6. The van der Waals surface area contributed by atoms with Gasteiger partial charge in [0.15, 0.2) is 5.78 Å². The Bertz CT molecular complexity index is 1220. The molecule has 162 valence electrons. The number of ketones is 1. The van der Waals surface area contributed by atoms with Crippen LogP contribution in [0.4, 0.5) is 5.69 Å². The second-order valence-corrected chi connectivity index (χ2v) is 10.4. The van der Waals surface area contributed by atoms with Crippen molar-refractivity contribution in [3.8, 4) is 5.75 Å². The number of anilines is 1. The van der Waals surface area contributed by atoms with Gasteiger partial charge in [0.1, 0.15) is 17.0 Å². The van der Waals surface area contributed by atoms with E-state index >= 15 is 0 Å². The summed E-state index contributed by atoms with van der Waals surface area (Å²) in [6.45, 7) is 3.25. The third-order valence-corrected chi connectivity index (χ3v) is 8.27. The monoisotopic (exact) mass is 437 g/mol. The lowest BCUT2D eigenvalue weighted by Gasteiger charge is -2.33. The molecule has 2 aromatic rings. The molecule has 31 heavy (non-hydrogen) atoms. The lowest BCUT2D eigenvalue weighted by Crippen LogP contribution is -2.36. The lowest BCUT2D eigenvalue weighted by atomic mass is 10.1. The minimum Gasteiger partial charge on any atom is -0.490 e. The molecule has 4 aliphatic rings. The van der Waals surface area contributed by atoms with Gasteiger partial charge in [-0.15, -0.1) is 11.3 Å². The fourth-order valence-corrected chi connectivity index (χ4v) is 6.21. The fourth-order valence-electron chi connectivity index (χ4n) is 5.22. The number of ether oxygens (including phenoxy) is 1. The van der Waals surface area contributed by atoms with Crippen LogP contribution in [0.3, 0.4) is 0 Å². The van der Waals surface area contributed by atoms with Gasteiger partial charge >= 0.3 is 0 Å². The maximum absolute atomic E-state index is 12.7. The molecule has 3 heterocycles. The second kappa shape index (κ2) is 7.35. The number of aromatic amines is 1. The number of nitrogens with one attached hydrogen (secondary N) is 2. The minimum absolute atomic E-state index is 0.131. The van der Waals surface area contributed by atoms with Crippen molar-refractivity contribution < 1.29 is 9.53 Å². The summed E-state index contributed by atoms with van der Waals surface area (Å²) in [5.74, 6) is 1.85. The van der Waals surface area contributed by atoms with E-state index in [1.54, 1.807) is 0 Å². The average molecular weight is 438 g/mol. The number of thiazole rings is 1. The summed E-state index contributed by atoms with van der Waals surface area (Å²) < 4.78 is 7.21. The van der Waals surface area contributed by atoms with Crippen LogP contribution in [0, 0.1) is 5.92 Å². The van der Waals surface area contributed by atoms with E-state index in [0.29, 0.717) is 15.7 Å². The van der Waals surface area contributed by atoms with E-state index in [4.69, 9.17) is 4.74 Å². The fraction of sp³-hybridized carbons (Fsp3) is 0.500. The van der Waals surface area contributed by atoms with Gasteiger partial charge in [-0.05, 0) is 55.4 Å². The van der Waals surface area contributed by atoms with Crippen LogP contribution in [0.2, 0.25) is 0 Å². The first kappa shape index (κ1) is 19.3. The van der Waals surface area contributed by atoms with Crippen molar-refractivity contribution in [2.24, 2.45) is 5.92 Å². The average Bonchev–Trinajstić information content (AvgIpc) is 3.04. The summed E-state index contributed by atoms with van der Waals surface area (Å²) in [7, 11) is 0. The Labute approximate surface area is 184 Å². The number of H-pyrrole nitrogens is 1. The highest BCUT2D eigenvalue weighted by Gasteiger charge is 2.54. The van der Waals surface area contributed by atoms with Crippen LogP contribution in [-0.2, 0) is 4.79 Å². The molecule has 0 unspecified atom stereocenters. The number of nitrogens with zero attached hydrogens (tertiary/aromatic N) is 1. The topological polar surface area (TPSA) is 74.4 Å². The van der Waals surface area contributed by atoms with E-state index in [9.17, 15) is 9.59 Å². The number of fused-ring (bicyclic) bond motifs is 1. The van der Waals surface area contributed by atoms with Gasteiger partial charge in [-0.2, -0.15) is 0 Å². The Morgan fingerprint density at radius 1 is 1.23 bits per heavy atom. The molecule has 1 aromatic carbocycles. The zero-order valence-corrected chi connectivity index (χ0v) is 18.4. The summed E-state index contributed by atoms with van der Waals surface area (Å²) in [6, 6.07) is 6.16. The zero-order valence-electron chi connectivity index (χ0n) is 17.5. The largest absolute Gasteiger partial charge is 0.490 e. The third kappa shape index (κ3) is 3.44. The van der Waals surface area contributed by atoms with E-state index in [-0.39, 0.29) is 16.9 Å². The van der Waals surface area contributed by atoms with Crippen molar-refractivity contribution in [3.05, 3.63) is 43.3 Å². The molecular weight excluding hydrogens is 410 g/mol. The van der Waals surface area contributed by atoms with E-state index in [1.165, 1.54) is 37.0 Å². The molecular formula is C24H27N3O3S. The van der Waals surface area contributed by atoms with Crippen molar-refractivity contribution in [1.82, 2.24) is 10.3 Å². The van der Waals surface area contributed by atoms with Gasteiger partial charge in [-0.25, -0.2) is 0 Å². The van der Waals surface area contributed by atoms with Crippen LogP contribution in [0.1, 0.15) is 44.1 Å². The maximum atomic E-state index is 12.7. The Morgan fingerprint density at radius 2 is 2.06 bits per heavy atom. The summed E-state index contributed by atoms with van der Waals surface area (Å²) in [5.41, 5.74) is 2.37. The Hall–Kier alpha value is -2.38. The molecule has 3 fully saturated rings. The Morgan fingerprint density at radius 3 is 2.84 bits per heavy atom. The summed E-state index contributed by atoms with van der Waals surface area (Å²) in [6.07, 6.45) is 9.06. The van der Waals surface area contributed by atoms with Gasteiger partial charge in [-0.3, -0.25) is 9.59 Å². The van der Waals surface area contributed by atoms with E-state index in [2.05, 4.69) is 21.3 Å². The lowest BCUT2D eigenvalue weighted by molar-refractivity contribution is -0.115. The number of carbonyl (C=O) groups excluding carboxylic acids is 1. The quantitative estimate of drug-likeness (QED) is 0.762. The number of benzene rings is 1. The molecule has 6 nitrogen and oxygen atoms in total. The van der Waals surface area contributed by atoms with Crippen LogP contribution in [0.25, 0.3) is 11.6 Å². The highest BCUT2D eigenvalue weighted by Crippen LogP contribution is 2.41. The Kier molecular flexibility index (Phi) is 4.58. The van der Waals surface area contributed by atoms with Crippen molar-refractivity contribution in [1.29, 1.82) is 0 Å². The van der Waals surface area contributed by atoms with Gasteiger partial charge in [-0.1, -0.05) is 18.9 Å². The van der Waals surface area contributed by atoms with E-state index in [1.807, 2.05) is 18.2 Å². The van der Waals surface area contributed by atoms with E-state index < -0.39 is 0 Å². The first-order valence-electron chi connectivity index (χ1n) is 11.4. The molecule has 1 saturated heterocycles. The van der Waals surface area contributed by atoms with Crippen molar-refractivity contribution >= 4 is 34.5 Å². The third-order valence-electron chi connectivity index (χ3n) is 7.19. The molecule has 7 heteroatoms. The molecule has 0 atom stereocenters. The smallest absolute Gasteiger partial charge is 0.266 e. The van der Waals surface area contributed by atoms with E-state index in [0.717, 1.165) is 61.0 Å². The number of hydrogen-bond donors (Lipinski definition) is 2. The van der Waals surface area contributed by atoms with Crippen LogP contribution in [0.5, 0.6) is 5.75 Å². The molecule has 2 aliphatic heterocycles.